The minimum atomic E-state index is -0.479. The first-order chi connectivity index (χ1) is 6.97. The fraction of sp³-hybridized carbons (Fsp3) is 0.545. The topological polar surface area (TPSA) is 20.3 Å². The van der Waals surface area contributed by atoms with Crippen LogP contribution in [0.4, 0.5) is 0 Å². The van der Waals surface area contributed by atoms with Crippen LogP contribution in [0.5, 0.6) is 0 Å². The van der Waals surface area contributed by atoms with E-state index in [2.05, 4.69) is 0 Å². The summed E-state index contributed by atoms with van der Waals surface area (Å²) in [6.45, 7) is 4.40. The predicted octanol–water partition coefficient (Wildman–Crippen LogP) is 2.97. The number of carbonyl (C=O) groups is 1. The number of thiophene rings is 1. The van der Waals surface area contributed by atoms with E-state index in [4.69, 9.17) is 11.6 Å². The zero-order chi connectivity index (χ0) is 11.5. The molecule has 4 heteroatoms. The molecule has 0 aliphatic rings. The van der Waals surface area contributed by atoms with Gasteiger partial charge in [-0.3, -0.25) is 4.79 Å². The zero-order valence-electron chi connectivity index (χ0n) is 9.29. The second-order valence-corrected chi connectivity index (χ2v) is 5.56. The van der Waals surface area contributed by atoms with Crippen LogP contribution in [0, 0.1) is 5.41 Å². The predicted molar refractivity (Wildman–Crippen MR) is 65.3 cm³/mol. The maximum atomic E-state index is 12.0. The molecule has 2 nitrogen and oxygen atoms in total. The molecule has 1 aromatic heterocycles. The van der Waals surface area contributed by atoms with Gasteiger partial charge in [-0.25, -0.2) is 0 Å². The molecular weight excluding hydrogens is 230 g/mol. The van der Waals surface area contributed by atoms with Crippen molar-refractivity contribution in [1.82, 2.24) is 4.90 Å². The number of rotatable bonds is 4. The van der Waals surface area contributed by atoms with Crippen molar-refractivity contribution in [1.29, 1.82) is 0 Å². The molecule has 0 aliphatic heterocycles. The quantitative estimate of drug-likeness (QED) is 0.747. The fourth-order valence-electron chi connectivity index (χ4n) is 1.28. The molecule has 0 bridgehead atoms. The van der Waals surface area contributed by atoms with E-state index in [1.165, 1.54) is 4.88 Å². The van der Waals surface area contributed by atoms with Crippen molar-refractivity contribution in [2.45, 2.75) is 20.4 Å². The number of alkyl halides is 1. The summed E-state index contributed by atoms with van der Waals surface area (Å²) in [6, 6.07) is 4.02. The number of hydrogen-bond donors (Lipinski definition) is 0. The molecule has 0 saturated carbocycles. The van der Waals surface area contributed by atoms with E-state index in [0.29, 0.717) is 12.4 Å². The first-order valence-corrected chi connectivity index (χ1v) is 6.22. The Labute approximate surface area is 99.9 Å². The summed E-state index contributed by atoms with van der Waals surface area (Å²) in [7, 11) is 1.82. The molecule has 0 aliphatic carbocycles. The molecule has 84 valence electrons. The minimum Gasteiger partial charge on any atom is -0.340 e. The molecule has 1 heterocycles. The van der Waals surface area contributed by atoms with Gasteiger partial charge in [0.25, 0.3) is 0 Å². The molecular formula is C11H16ClNOS. The van der Waals surface area contributed by atoms with Crippen LogP contribution in [0.25, 0.3) is 0 Å². The summed E-state index contributed by atoms with van der Waals surface area (Å²) in [4.78, 5) is 14.9. The molecule has 15 heavy (non-hydrogen) atoms. The molecule has 0 N–H and O–H groups in total. The first kappa shape index (κ1) is 12.5. The van der Waals surface area contributed by atoms with Crippen LogP contribution in [-0.2, 0) is 11.3 Å². The van der Waals surface area contributed by atoms with Crippen LogP contribution >= 0.6 is 22.9 Å². The Hall–Kier alpha value is -0.540. The summed E-state index contributed by atoms with van der Waals surface area (Å²) in [5.41, 5.74) is -0.479. The Kier molecular flexibility index (Phi) is 4.17. The monoisotopic (exact) mass is 245 g/mol. The van der Waals surface area contributed by atoms with Gasteiger partial charge in [0.05, 0.1) is 12.0 Å². The van der Waals surface area contributed by atoms with Crippen molar-refractivity contribution in [3.05, 3.63) is 22.4 Å². The average Bonchev–Trinajstić information content (AvgIpc) is 2.69. The summed E-state index contributed by atoms with van der Waals surface area (Å²) < 4.78 is 0. The summed E-state index contributed by atoms with van der Waals surface area (Å²) in [5, 5.41) is 2.01. The number of halogens is 1. The average molecular weight is 246 g/mol. The highest BCUT2D eigenvalue weighted by Crippen LogP contribution is 2.21. The van der Waals surface area contributed by atoms with Gasteiger partial charge < -0.3 is 4.90 Å². The van der Waals surface area contributed by atoms with Crippen LogP contribution < -0.4 is 0 Å². The molecule has 1 amide bonds. The summed E-state index contributed by atoms with van der Waals surface area (Å²) >= 11 is 7.43. The Morgan fingerprint density at radius 3 is 2.73 bits per heavy atom. The van der Waals surface area contributed by atoms with Crippen LogP contribution in [0.15, 0.2) is 17.5 Å². The molecule has 0 unspecified atom stereocenters. The van der Waals surface area contributed by atoms with Crippen molar-refractivity contribution >= 4 is 28.8 Å². The van der Waals surface area contributed by atoms with Gasteiger partial charge in [0.2, 0.25) is 5.91 Å². The highest BCUT2D eigenvalue weighted by Gasteiger charge is 2.29. The van der Waals surface area contributed by atoms with E-state index >= 15 is 0 Å². The van der Waals surface area contributed by atoms with E-state index in [1.54, 1.807) is 16.2 Å². The lowest BCUT2D eigenvalue weighted by Crippen LogP contribution is -2.39. The van der Waals surface area contributed by atoms with E-state index in [1.807, 2.05) is 38.4 Å². The Morgan fingerprint density at radius 1 is 1.60 bits per heavy atom. The van der Waals surface area contributed by atoms with E-state index in [9.17, 15) is 4.79 Å². The first-order valence-electron chi connectivity index (χ1n) is 4.81. The molecule has 0 atom stereocenters. The molecule has 0 radical (unpaired) electrons. The van der Waals surface area contributed by atoms with Gasteiger partial charge in [-0.05, 0) is 25.3 Å². The molecule has 0 spiro atoms. The van der Waals surface area contributed by atoms with Gasteiger partial charge in [-0.2, -0.15) is 0 Å². The lowest BCUT2D eigenvalue weighted by molar-refractivity contribution is -0.138. The number of nitrogens with zero attached hydrogens (tertiary/aromatic N) is 1. The van der Waals surface area contributed by atoms with Gasteiger partial charge in [-0.15, -0.1) is 22.9 Å². The van der Waals surface area contributed by atoms with Crippen LogP contribution in [0.1, 0.15) is 18.7 Å². The normalized spacial score (nSPS) is 11.5. The van der Waals surface area contributed by atoms with Crippen LogP contribution in [0.3, 0.4) is 0 Å². The maximum Gasteiger partial charge on any atom is 0.229 e. The van der Waals surface area contributed by atoms with Gasteiger partial charge >= 0.3 is 0 Å². The largest absolute Gasteiger partial charge is 0.340 e. The molecule has 1 aromatic rings. The van der Waals surface area contributed by atoms with Gasteiger partial charge in [0.15, 0.2) is 0 Å². The molecule has 1 rings (SSSR count). The van der Waals surface area contributed by atoms with E-state index in [-0.39, 0.29) is 5.91 Å². The zero-order valence-corrected chi connectivity index (χ0v) is 10.9. The fourth-order valence-corrected chi connectivity index (χ4v) is 2.15. The highest BCUT2D eigenvalue weighted by molar-refractivity contribution is 7.09. The van der Waals surface area contributed by atoms with Gasteiger partial charge in [0.1, 0.15) is 0 Å². The van der Waals surface area contributed by atoms with Crippen molar-refractivity contribution in [3.8, 4) is 0 Å². The third-order valence-electron chi connectivity index (χ3n) is 2.23. The third-order valence-corrected chi connectivity index (χ3v) is 3.76. The van der Waals surface area contributed by atoms with Crippen molar-refractivity contribution in [3.63, 3.8) is 0 Å². The third kappa shape index (κ3) is 3.21. The SMILES string of the molecule is CN(Cc1cccs1)C(=O)C(C)(C)CCl. The van der Waals surface area contributed by atoms with E-state index in [0.717, 1.165) is 0 Å². The van der Waals surface area contributed by atoms with Crippen molar-refractivity contribution < 1.29 is 4.79 Å². The lowest BCUT2D eigenvalue weighted by Gasteiger charge is -2.27. The van der Waals surface area contributed by atoms with Crippen LogP contribution in [-0.4, -0.2) is 23.7 Å². The summed E-state index contributed by atoms with van der Waals surface area (Å²) in [6.07, 6.45) is 0. The number of carbonyl (C=O) groups excluding carboxylic acids is 1. The van der Waals surface area contributed by atoms with Crippen molar-refractivity contribution in [2.24, 2.45) is 5.41 Å². The molecule has 0 fully saturated rings. The Bertz CT molecular complexity index is 321. The Morgan fingerprint density at radius 2 is 2.27 bits per heavy atom. The number of amides is 1. The highest BCUT2D eigenvalue weighted by atomic mass is 35.5. The van der Waals surface area contributed by atoms with Gasteiger partial charge in [0, 0.05) is 17.8 Å². The van der Waals surface area contributed by atoms with Crippen LogP contribution in [0.2, 0.25) is 0 Å². The van der Waals surface area contributed by atoms with E-state index < -0.39 is 5.41 Å². The standard InChI is InChI=1S/C11H16ClNOS/c1-11(2,8-12)10(14)13(3)7-9-5-4-6-15-9/h4-6H,7-8H2,1-3H3. The number of hydrogen-bond acceptors (Lipinski definition) is 2. The minimum absolute atomic E-state index is 0.0888. The van der Waals surface area contributed by atoms with Gasteiger partial charge in [-0.1, -0.05) is 6.07 Å². The Balaban J connectivity index is 2.61. The second-order valence-electron chi connectivity index (χ2n) is 4.26. The van der Waals surface area contributed by atoms with Crippen molar-refractivity contribution in [2.75, 3.05) is 12.9 Å². The molecule has 0 saturated heterocycles. The lowest BCUT2D eigenvalue weighted by atomic mass is 9.94. The molecule has 0 aromatic carbocycles. The smallest absolute Gasteiger partial charge is 0.229 e. The maximum absolute atomic E-state index is 12.0. The summed E-state index contributed by atoms with van der Waals surface area (Å²) in [5.74, 6) is 0.437. The second kappa shape index (κ2) is 4.99.